The number of nitrogens with one attached hydrogen (secondary N) is 1. The summed E-state index contributed by atoms with van der Waals surface area (Å²) in [5.74, 6) is -1.81. The Morgan fingerprint density at radius 3 is 2.21 bits per heavy atom. The highest BCUT2D eigenvalue weighted by atomic mass is 16.5. The predicted octanol–water partition coefficient (Wildman–Crippen LogP) is 4.26. The topological polar surface area (TPSA) is 95.9 Å². The van der Waals surface area contributed by atoms with Gasteiger partial charge >= 0.3 is 12.1 Å². The third-order valence-corrected chi connectivity index (χ3v) is 6.80. The number of nitrogens with zero attached hydrogens (tertiary/aromatic N) is 1. The molecule has 1 saturated heterocycles. The van der Waals surface area contributed by atoms with Gasteiger partial charge in [-0.3, -0.25) is 9.59 Å². The zero-order chi connectivity index (χ0) is 24.5. The number of carboxylic acids is 1. The first-order valence-corrected chi connectivity index (χ1v) is 11.8. The molecule has 2 aromatic carbocycles. The molecule has 2 aromatic rings. The minimum atomic E-state index is -0.894. The number of likely N-dealkylation sites (tertiary alicyclic amines) is 1. The van der Waals surface area contributed by atoms with Gasteiger partial charge in [0.1, 0.15) is 12.6 Å². The molecular formula is C27H32N2O5. The second-order valence-corrected chi connectivity index (χ2v) is 10.2. The average Bonchev–Trinajstić information content (AvgIpc) is 3.14. The molecule has 1 aliphatic heterocycles. The summed E-state index contributed by atoms with van der Waals surface area (Å²) in [4.78, 5) is 39.1. The number of aliphatic carboxylic acids is 1. The van der Waals surface area contributed by atoms with Crippen molar-refractivity contribution in [2.45, 2.75) is 45.6 Å². The molecule has 34 heavy (non-hydrogen) atoms. The molecule has 2 aliphatic rings. The fourth-order valence-corrected chi connectivity index (χ4v) is 4.97. The van der Waals surface area contributed by atoms with Gasteiger partial charge in [-0.2, -0.15) is 0 Å². The summed E-state index contributed by atoms with van der Waals surface area (Å²) in [7, 11) is 0. The van der Waals surface area contributed by atoms with Crippen LogP contribution in [0, 0.1) is 11.3 Å². The Balaban J connectivity index is 1.44. The van der Waals surface area contributed by atoms with E-state index in [-0.39, 0.29) is 25.0 Å². The fraction of sp³-hybridized carbons (Fsp3) is 0.444. The summed E-state index contributed by atoms with van der Waals surface area (Å²) in [5, 5.41) is 12.1. The SMILES string of the molecule is CC(C)(C)[C@H](NC(=O)OCC1c2ccccc2-c2ccccc21)C(=O)N1CCC[C@@H](C(=O)O)C1. The molecule has 1 heterocycles. The highest BCUT2D eigenvalue weighted by Gasteiger charge is 2.39. The molecule has 0 aromatic heterocycles. The molecule has 4 rings (SSSR count). The van der Waals surface area contributed by atoms with Crippen LogP contribution in [0.15, 0.2) is 48.5 Å². The minimum Gasteiger partial charge on any atom is -0.481 e. The first kappa shape index (κ1) is 23.8. The normalized spacial score (nSPS) is 18.6. The largest absolute Gasteiger partial charge is 0.481 e. The maximum absolute atomic E-state index is 13.3. The second kappa shape index (κ2) is 9.49. The molecule has 1 aliphatic carbocycles. The molecular weight excluding hydrogens is 432 g/mol. The lowest BCUT2D eigenvalue weighted by atomic mass is 9.85. The summed E-state index contributed by atoms with van der Waals surface area (Å²) in [6, 6.07) is 15.4. The van der Waals surface area contributed by atoms with Gasteiger partial charge < -0.3 is 20.1 Å². The van der Waals surface area contributed by atoms with Crippen LogP contribution in [-0.4, -0.2) is 53.7 Å². The van der Waals surface area contributed by atoms with Crippen LogP contribution in [0.2, 0.25) is 0 Å². The second-order valence-electron chi connectivity index (χ2n) is 10.2. The highest BCUT2D eigenvalue weighted by molar-refractivity contribution is 5.87. The number of fused-ring (bicyclic) bond motifs is 3. The molecule has 2 atom stereocenters. The van der Waals surface area contributed by atoms with Crippen molar-refractivity contribution in [3.63, 3.8) is 0 Å². The zero-order valence-electron chi connectivity index (χ0n) is 19.9. The van der Waals surface area contributed by atoms with Gasteiger partial charge in [-0.05, 0) is 40.5 Å². The van der Waals surface area contributed by atoms with Crippen LogP contribution in [-0.2, 0) is 14.3 Å². The first-order valence-electron chi connectivity index (χ1n) is 11.8. The number of piperidine rings is 1. The molecule has 2 amide bonds. The summed E-state index contributed by atoms with van der Waals surface area (Å²) in [5.41, 5.74) is 3.96. The van der Waals surface area contributed by atoms with E-state index in [1.54, 1.807) is 4.90 Å². The Hall–Kier alpha value is -3.35. The van der Waals surface area contributed by atoms with E-state index in [0.29, 0.717) is 19.4 Å². The van der Waals surface area contributed by atoms with Crippen LogP contribution < -0.4 is 5.32 Å². The van der Waals surface area contributed by atoms with E-state index in [2.05, 4.69) is 29.6 Å². The summed E-state index contributed by atoms with van der Waals surface area (Å²) >= 11 is 0. The molecule has 1 fully saturated rings. The minimum absolute atomic E-state index is 0.0691. The van der Waals surface area contributed by atoms with E-state index in [0.717, 1.165) is 22.3 Å². The van der Waals surface area contributed by atoms with Crippen molar-refractivity contribution in [3.05, 3.63) is 59.7 Å². The van der Waals surface area contributed by atoms with Gasteiger partial charge in [0.05, 0.1) is 5.92 Å². The number of carboxylic acid groups (broad SMARTS) is 1. The Labute approximate surface area is 200 Å². The molecule has 0 radical (unpaired) electrons. The Bertz CT molecular complexity index is 1040. The fourth-order valence-electron chi connectivity index (χ4n) is 4.97. The van der Waals surface area contributed by atoms with Crippen LogP contribution in [0.25, 0.3) is 11.1 Å². The number of hydrogen-bond acceptors (Lipinski definition) is 4. The van der Waals surface area contributed by atoms with E-state index in [9.17, 15) is 19.5 Å². The number of hydrogen-bond donors (Lipinski definition) is 2. The van der Waals surface area contributed by atoms with Gasteiger partial charge in [-0.1, -0.05) is 69.3 Å². The van der Waals surface area contributed by atoms with Gasteiger partial charge in [0.2, 0.25) is 5.91 Å². The van der Waals surface area contributed by atoms with E-state index in [4.69, 9.17) is 4.74 Å². The maximum Gasteiger partial charge on any atom is 0.407 e. The third-order valence-electron chi connectivity index (χ3n) is 6.80. The molecule has 7 nitrogen and oxygen atoms in total. The van der Waals surface area contributed by atoms with Gasteiger partial charge in [-0.25, -0.2) is 4.79 Å². The number of amides is 2. The van der Waals surface area contributed by atoms with Crippen molar-refractivity contribution in [2.75, 3.05) is 19.7 Å². The van der Waals surface area contributed by atoms with E-state index in [1.165, 1.54) is 0 Å². The zero-order valence-corrected chi connectivity index (χ0v) is 19.9. The summed E-state index contributed by atoms with van der Waals surface area (Å²) in [6.07, 6.45) is 0.533. The number of carbonyl (C=O) groups is 3. The number of ether oxygens (including phenoxy) is 1. The van der Waals surface area contributed by atoms with Gasteiger partial charge in [0.25, 0.3) is 0 Å². The van der Waals surface area contributed by atoms with Gasteiger partial charge in [0, 0.05) is 19.0 Å². The first-order chi connectivity index (χ1) is 16.2. The van der Waals surface area contributed by atoms with Crippen molar-refractivity contribution in [2.24, 2.45) is 11.3 Å². The van der Waals surface area contributed by atoms with Crippen molar-refractivity contribution in [1.82, 2.24) is 10.2 Å². The molecule has 7 heteroatoms. The van der Waals surface area contributed by atoms with Crippen LogP contribution in [0.1, 0.15) is 50.7 Å². The molecule has 2 N–H and O–H groups in total. The Morgan fingerprint density at radius 2 is 1.65 bits per heavy atom. The lowest BCUT2D eigenvalue weighted by Gasteiger charge is -2.37. The maximum atomic E-state index is 13.3. The number of alkyl carbamates (subject to hydrolysis) is 1. The van der Waals surface area contributed by atoms with Crippen molar-refractivity contribution in [1.29, 1.82) is 0 Å². The third kappa shape index (κ3) is 4.79. The van der Waals surface area contributed by atoms with E-state index >= 15 is 0 Å². The van der Waals surface area contributed by atoms with E-state index < -0.39 is 29.4 Å². The molecule has 0 bridgehead atoms. The average molecular weight is 465 g/mol. The smallest absolute Gasteiger partial charge is 0.407 e. The Kier molecular flexibility index (Phi) is 6.64. The predicted molar refractivity (Wildman–Crippen MR) is 128 cm³/mol. The monoisotopic (exact) mass is 464 g/mol. The number of carbonyl (C=O) groups excluding carboxylic acids is 2. The van der Waals surface area contributed by atoms with Crippen molar-refractivity contribution >= 4 is 18.0 Å². The Morgan fingerprint density at radius 1 is 1.06 bits per heavy atom. The number of benzene rings is 2. The van der Waals surface area contributed by atoms with E-state index in [1.807, 2.05) is 45.0 Å². The molecule has 0 spiro atoms. The van der Waals surface area contributed by atoms with Crippen LogP contribution in [0.4, 0.5) is 4.79 Å². The molecule has 180 valence electrons. The molecule has 0 unspecified atom stereocenters. The van der Waals surface area contributed by atoms with Gasteiger partial charge in [-0.15, -0.1) is 0 Å². The highest BCUT2D eigenvalue weighted by Crippen LogP contribution is 2.44. The van der Waals surface area contributed by atoms with Crippen LogP contribution in [0.3, 0.4) is 0 Å². The standard InChI is InChI=1S/C27H32N2O5/c1-27(2,3)23(24(30)29-14-8-9-17(15-29)25(31)32)28-26(33)34-16-22-20-12-6-4-10-18(20)19-11-5-7-13-21(19)22/h4-7,10-13,17,22-23H,8-9,14-16H2,1-3H3,(H,28,33)(H,31,32)/t17-,23-/m1/s1. The van der Waals surface area contributed by atoms with Gasteiger partial charge in [0.15, 0.2) is 0 Å². The molecule has 0 saturated carbocycles. The van der Waals surface area contributed by atoms with Crippen molar-refractivity contribution < 1.29 is 24.2 Å². The van der Waals surface area contributed by atoms with Crippen LogP contribution in [0.5, 0.6) is 0 Å². The number of rotatable bonds is 5. The van der Waals surface area contributed by atoms with Crippen LogP contribution >= 0.6 is 0 Å². The summed E-state index contributed by atoms with van der Waals surface area (Å²) < 4.78 is 5.65. The summed E-state index contributed by atoms with van der Waals surface area (Å²) in [6.45, 7) is 6.43. The van der Waals surface area contributed by atoms with Crippen molar-refractivity contribution in [3.8, 4) is 11.1 Å². The quantitative estimate of drug-likeness (QED) is 0.689. The lowest BCUT2D eigenvalue weighted by Crippen LogP contribution is -2.57. The lowest BCUT2D eigenvalue weighted by molar-refractivity contribution is -0.147.